The van der Waals surface area contributed by atoms with Crippen LogP contribution in [0.25, 0.3) is 0 Å². The first-order valence-electron chi connectivity index (χ1n) is 15.3. The van der Waals surface area contributed by atoms with Crippen LogP contribution in [0, 0.1) is 0 Å². The Morgan fingerprint density at radius 2 is 1.22 bits per heavy atom. The zero-order valence-corrected chi connectivity index (χ0v) is 34.7. The monoisotopic (exact) mass is 845 g/mol. The number of unbranched alkanes of at least 4 members (excludes halogenated alkanes) is 1. The van der Waals surface area contributed by atoms with Crippen LogP contribution in [-0.2, 0) is 60.3 Å². The number of hydrazine groups is 2. The third-order valence-corrected chi connectivity index (χ3v) is 16.0. The molecule has 0 aliphatic heterocycles. The quantitative estimate of drug-likeness (QED) is 0.0233. The summed E-state index contributed by atoms with van der Waals surface area (Å²) < 4.78 is 173. The van der Waals surface area contributed by atoms with E-state index in [9.17, 15) is 42.1 Å². The average molecular weight is 846 g/mol. The molecule has 0 heterocycles. The average Bonchev–Trinajstić information content (AvgIpc) is 2.94. The minimum Gasteiger partial charge on any atom is -0.330 e. The van der Waals surface area contributed by atoms with Crippen molar-refractivity contribution in [1.82, 2.24) is 47.8 Å². The van der Waals surface area contributed by atoms with Gasteiger partial charge in [0, 0.05) is 20.1 Å². The molecular formula is C21H55N11O12S6. The van der Waals surface area contributed by atoms with Gasteiger partial charge in [-0.25, -0.2) is 47.5 Å². The van der Waals surface area contributed by atoms with E-state index in [0.29, 0.717) is 6.26 Å². The van der Waals surface area contributed by atoms with Crippen molar-refractivity contribution in [2.45, 2.75) is 64.9 Å². The van der Waals surface area contributed by atoms with Gasteiger partial charge in [0.15, 0.2) is 0 Å². The van der Waals surface area contributed by atoms with Gasteiger partial charge < -0.3 is 5.73 Å². The van der Waals surface area contributed by atoms with Crippen LogP contribution in [0.5, 0.6) is 0 Å². The summed E-state index contributed by atoms with van der Waals surface area (Å²) in [6.07, 6.45) is 0.152. The Kier molecular flexibility index (Phi) is 18.7. The molecule has 0 aromatic heterocycles. The number of hydrogen-bond donors (Lipinski definition) is 7. The van der Waals surface area contributed by atoms with Gasteiger partial charge in [-0.2, -0.15) is 31.6 Å². The molecule has 0 aromatic carbocycles. The molecule has 23 nitrogen and oxygen atoms in total. The van der Waals surface area contributed by atoms with Crippen molar-refractivity contribution in [2.24, 2.45) is 5.73 Å². The van der Waals surface area contributed by atoms with Gasteiger partial charge in [-0.1, -0.05) is 32.1 Å². The summed E-state index contributed by atoms with van der Waals surface area (Å²) in [6.45, 7) is 6.00. The lowest BCUT2D eigenvalue weighted by Crippen LogP contribution is -2.86. The van der Waals surface area contributed by atoms with E-state index in [4.69, 9.17) is 5.73 Å². The van der Waals surface area contributed by atoms with Crippen molar-refractivity contribution in [2.75, 3.05) is 70.8 Å². The lowest BCUT2D eigenvalue weighted by atomic mass is 10.3. The van der Waals surface area contributed by atoms with Crippen molar-refractivity contribution >= 4 is 60.3 Å². The van der Waals surface area contributed by atoms with Crippen molar-refractivity contribution < 1.29 is 50.5 Å². The van der Waals surface area contributed by atoms with Crippen molar-refractivity contribution in [3.8, 4) is 0 Å². The molecule has 0 aromatic rings. The summed E-state index contributed by atoms with van der Waals surface area (Å²) in [5, 5.41) is -1.51. The molecule has 0 amide bonds. The molecule has 2 unspecified atom stereocenters. The highest BCUT2D eigenvalue weighted by Gasteiger charge is 2.64. The second kappa shape index (κ2) is 19.0. The number of nitrogens with zero attached hydrogens (tertiary/aromatic N) is 4. The summed E-state index contributed by atoms with van der Waals surface area (Å²) in [6, 6.07) is 0. The van der Waals surface area contributed by atoms with Gasteiger partial charge in [0.25, 0.3) is 25.4 Å². The molecule has 0 rings (SSSR count). The molecule has 0 aliphatic carbocycles. The van der Waals surface area contributed by atoms with Crippen LogP contribution in [-0.4, -0.2) is 151 Å². The van der Waals surface area contributed by atoms with E-state index in [1.165, 1.54) is 32.4 Å². The highest BCUT2D eigenvalue weighted by molar-refractivity contribution is 7.97. The van der Waals surface area contributed by atoms with Gasteiger partial charge in [0.05, 0.1) is 23.5 Å². The smallest absolute Gasteiger partial charge is 0.284 e. The second-order valence-corrected chi connectivity index (χ2v) is 21.9. The SMILES string of the molecule is CCCS(=O)(=O)NC(NS(C)(=O)=O)(NS(=O)(=O)CC)S(=O)(=O)N(N(NC)S(=O)(=O)CCCCN)C(NCC)(NS(=O)(=O)N(CC)CC)N(C)C. The molecule has 302 valence electrons. The lowest BCUT2D eigenvalue weighted by molar-refractivity contribution is -0.106. The fraction of sp³-hybridized carbons (Fsp3) is 1.00. The first-order valence-corrected chi connectivity index (χ1v) is 25.0. The van der Waals surface area contributed by atoms with E-state index in [1.807, 2.05) is 0 Å². The van der Waals surface area contributed by atoms with Crippen LogP contribution in [0.2, 0.25) is 0 Å². The zero-order valence-electron chi connectivity index (χ0n) is 29.8. The second-order valence-electron chi connectivity index (χ2n) is 10.8. The molecule has 0 radical (unpaired) electrons. The Bertz CT molecular complexity index is 1760. The highest BCUT2D eigenvalue weighted by Crippen LogP contribution is 2.30. The maximum absolute atomic E-state index is 15.4. The third-order valence-electron chi connectivity index (χ3n) is 6.54. The number of rotatable bonds is 27. The van der Waals surface area contributed by atoms with E-state index in [0.717, 1.165) is 37.3 Å². The van der Waals surface area contributed by atoms with E-state index >= 15 is 8.42 Å². The third kappa shape index (κ3) is 12.7. The largest absolute Gasteiger partial charge is 0.330 e. The van der Waals surface area contributed by atoms with Crippen LogP contribution < -0.4 is 35.4 Å². The standard InChI is InChI=1S/C21H55N11O12S6/c1-10-18-47(37,38)27-20(25-45(9,33)34,26-46(35,36)14-5)49(41,42)31(32(23-6)48(39,40)19-16-15-17-22)21(24-11-2,29(7)8)28-50(43,44)30(12-3)13-4/h23-28H,10-19,22H2,1-9H3. The zero-order chi connectivity index (χ0) is 39.6. The van der Waals surface area contributed by atoms with Gasteiger partial charge in [0.1, 0.15) is 0 Å². The minimum atomic E-state index is -6.34. The maximum Gasteiger partial charge on any atom is 0.284 e. The van der Waals surface area contributed by atoms with Crippen molar-refractivity contribution in [3.05, 3.63) is 0 Å². The molecular weight excluding hydrogens is 791 g/mol. The first kappa shape index (κ1) is 49.3. The Balaban J connectivity index is 9.05. The van der Waals surface area contributed by atoms with E-state index in [-0.39, 0.29) is 54.4 Å². The van der Waals surface area contributed by atoms with Gasteiger partial charge >= 0.3 is 0 Å². The summed E-state index contributed by atoms with van der Waals surface area (Å²) >= 11 is 0. The Morgan fingerprint density at radius 1 is 0.700 bits per heavy atom. The molecule has 0 saturated heterocycles. The van der Waals surface area contributed by atoms with E-state index < -0.39 is 88.6 Å². The van der Waals surface area contributed by atoms with Crippen LogP contribution in [0.1, 0.15) is 53.9 Å². The highest BCUT2D eigenvalue weighted by atomic mass is 32.2. The molecule has 0 saturated carbocycles. The predicted molar refractivity (Wildman–Crippen MR) is 189 cm³/mol. The van der Waals surface area contributed by atoms with Crippen LogP contribution >= 0.6 is 0 Å². The molecule has 50 heavy (non-hydrogen) atoms. The molecule has 0 aliphatic rings. The van der Waals surface area contributed by atoms with Gasteiger partial charge in [-0.3, -0.25) is 10.2 Å². The number of nitrogens with one attached hydrogen (secondary N) is 6. The number of sulfonamides is 5. The van der Waals surface area contributed by atoms with Gasteiger partial charge in [-0.05, 0) is 57.9 Å². The first-order chi connectivity index (χ1) is 22.6. The summed E-state index contributed by atoms with van der Waals surface area (Å²) in [5.41, 5.74) is 7.67. The minimum absolute atomic E-state index is 0.0270. The van der Waals surface area contributed by atoms with Crippen LogP contribution in [0.3, 0.4) is 0 Å². The van der Waals surface area contributed by atoms with Crippen molar-refractivity contribution in [3.63, 3.8) is 0 Å². The maximum atomic E-state index is 15.4. The Hall–Kier alpha value is -0.740. The molecule has 8 N–H and O–H groups in total. The van der Waals surface area contributed by atoms with E-state index in [2.05, 4.69) is 15.5 Å². The normalized spacial score (nSPS) is 16.7. The summed E-state index contributed by atoms with van der Waals surface area (Å²) in [5.74, 6) is -5.70. The molecule has 2 atom stereocenters. The van der Waals surface area contributed by atoms with Gasteiger partial charge in [-0.15, -0.1) is 0 Å². The number of hydrogen-bond acceptors (Lipinski definition) is 16. The van der Waals surface area contributed by atoms with Crippen LogP contribution in [0.15, 0.2) is 0 Å². The fourth-order valence-corrected chi connectivity index (χ4v) is 14.1. The number of nitrogens with two attached hydrogens (primary N) is 1. The lowest BCUT2D eigenvalue weighted by Gasteiger charge is -2.52. The van der Waals surface area contributed by atoms with Crippen molar-refractivity contribution in [1.29, 1.82) is 0 Å². The topological polar surface area (TPSA) is 316 Å². The van der Waals surface area contributed by atoms with Crippen LogP contribution in [0.4, 0.5) is 0 Å². The Labute approximate surface area is 298 Å². The summed E-state index contributed by atoms with van der Waals surface area (Å²) in [4.78, 5) is 0.842. The van der Waals surface area contributed by atoms with Gasteiger partial charge in [0.2, 0.25) is 46.0 Å². The molecule has 0 spiro atoms. The van der Waals surface area contributed by atoms with E-state index in [1.54, 1.807) is 9.44 Å². The molecule has 0 fully saturated rings. The fourth-order valence-electron chi connectivity index (χ4n) is 4.32. The summed E-state index contributed by atoms with van der Waals surface area (Å²) in [7, 11) is -28.0. The molecule has 0 bridgehead atoms. The molecule has 29 heteroatoms. The Morgan fingerprint density at radius 3 is 1.60 bits per heavy atom. The predicted octanol–water partition coefficient (Wildman–Crippen LogP) is -4.57.